The van der Waals surface area contributed by atoms with E-state index in [4.69, 9.17) is 14.2 Å². The van der Waals surface area contributed by atoms with Crippen LogP contribution in [0.4, 0.5) is 0 Å². The number of carbonyl (C=O) groups is 2. The van der Waals surface area contributed by atoms with Gasteiger partial charge in [0.2, 0.25) is 0 Å². The van der Waals surface area contributed by atoms with Gasteiger partial charge in [0.05, 0.1) is 25.3 Å². The molecule has 152 valence electrons. The van der Waals surface area contributed by atoms with Gasteiger partial charge in [0, 0.05) is 11.6 Å². The van der Waals surface area contributed by atoms with Crippen LogP contribution >= 0.6 is 0 Å². The molecule has 0 aliphatic heterocycles. The topological polar surface area (TPSA) is 61.8 Å². The molecule has 0 atom stereocenters. The summed E-state index contributed by atoms with van der Waals surface area (Å²) in [6.45, 7) is 1.85. The predicted octanol–water partition coefficient (Wildman–Crippen LogP) is 5.13. The van der Waals surface area contributed by atoms with Crippen LogP contribution in [0.1, 0.15) is 31.8 Å². The fourth-order valence-electron chi connectivity index (χ4n) is 2.93. The standard InChI is InChI=1S/C25H22O5/c1-17-8-4-6-10-20(17)25(27)30-23-11-7-5-9-18(23)12-15-22(26)21-14-13-19(28-2)16-24(21)29-3/h4-16H,1-3H3. The third-order valence-corrected chi connectivity index (χ3v) is 4.58. The Morgan fingerprint density at radius 1 is 0.800 bits per heavy atom. The van der Waals surface area contributed by atoms with Gasteiger partial charge in [-0.2, -0.15) is 0 Å². The number of carbonyl (C=O) groups excluding carboxylic acids is 2. The van der Waals surface area contributed by atoms with Gasteiger partial charge in [0.25, 0.3) is 0 Å². The number of rotatable bonds is 7. The molecule has 0 fully saturated rings. The third-order valence-electron chi connectivity index (χ3n) is 4.58. The highest BCUT2D eigenvalue weighted by molar-refractivity contribution is 6.09. The SMILES string of the molecule is COc1ccc(C(=O)C=Cc2ccccc2OC(=O)c2ccccc2C)c(OC)c1. The Morgan fingerprint density at radius 2 is 1.53 bits per heavy atom. The van der Waals surface area contributed by atoms with E-state index in [0.29, 0.717) is 33.9 Å². The number of methoxy groups -OCH3 is 2. The molecule has 0 aliphatic carbocycles. The lowest BCUT2D eigenvalue weighted by Crippen LogP contribution is -2.10. The van der Waals surface area contributed by atoms with E-state index in [1.165, 1.54) is 13.2 Å². The van der Waals surface area contributed by atoms with Crippen molar-refractivity contribution >= 4 is 17.8 Å². The van der Waals surface area contributed by atoms with Crippen molar-refractivity contribution in [2.75, 3.05) is 14.2 Å². The van der Waals surface area contributed by atoms with Gasteiger partial charge in [-0.3, -0.25) is 4.79 Å². The Labute approximate surface area is 175 Å². The molecule has 3 rings (SSSR count). The highest BCUT2D eigenvalue weighted by Gasteiger charge is 2.14. The zero-order valence-electron chi connectivity index (χ0n) is 17.0. The molecule has 30 heavy (non-hydrogen) atoms. The smallest absolute Gasteiger partial charge is 0.343 e. The summed E-state index contributed by atoms with van der Waals surface area (Å²) in [5.41, 5.74) is 2.34. The summed E-state index contributed by atoms with van der Waals surface area (Å²) >= 11 is 0. The molecule has 3 aromatic carbocycles. The van der Waals surface area contributed by atoms with Crippen LogP contribution in [0.3, 0.4) is 0 Å². The molecule has 0 saturated carbocycles. The van der Waals surface area contributed by atoms with Gasteiger partial charge >= 0.3 is 5.97 Å². The first-order valence-electron chi connectivity index (χ1n) is 9.34. The maximum Gasteiger partial charge on any atom is 0.343 e. The number of esters is 1. The van der Waals surface area contributed by atoms with Crippen LogP contribution in [0, 0.1) is 6.92 Å². The minimum absolute atomic E-state index is 0.241. The highest BCUT2D eigenvalue weighted by Crippen LogP contribution is 2.26. The van der Waals surface area contributed by atoms with E-state index in [1.54, 1.807) is 61.7 Å². The van der Waals surface area contributed by atoms with E-state index < -0.39 is 5.97 Å². The Bertz CT molecular complexity index is 1100. The summed E-state index contributed by atoms with van der Waals surface area (Å²) in [7, 11) is 3.04. The molecule has 0 N–H and O–H groups in total. The van der Waals surface area contributed by atoms with Gasteiger partial charge in [-0.1, -0.05) is 36.4 Å². The first-order valence-corrected chi connectivity index (χ1v) is 9.34. The van der Waals surface area contributed by atoms with Gasteiger partial charge in [-0.15, -0.1) is 0 Å². The Kier molecular flexibility index (Phi) is 6.65. The largest absolute Gasteiger partial charge is 0.497 e. The fourth-order valence-corrected chi connectivity index (χ4v) is 2.93. The van der Waals surface area contributed by atoms with Gasteiger partial charge in [-0.05, 0) is 48.9 Å². The second kappa shape index (κ2) is 9.56. The minimum Gasteiger partial charge on any atom is -0.497 e. The molecule has 5 nitrogen and oxygen atoms in total. The van der Waals surface area contributed by atoms with Crippen molar-refractivity contribution in [3.8, 4) is 17.2 Å². The highest BCUT2D eigenvalue weighted by atomic mass is 16.5. The lowest BCUT2D eigenvalue weighted by atomic mass is 10.1. The molecule has 0 saturated heterocycles. The number of hydrogen-bond donors (Lipinski definition) is 0. The zero-order valence-corrected chi connectivity index (χ0v) is 17.0. The van der Waals surface area contributed by atoms with Crippen molar-refractivity contribution in [3.05, 3.63) is 95.1 Å². The van der Waals surface area contributed by atoms with Gasteiger partial charge in [0.1, 0.15) is 17.2 Å². The van der Waals surface area contributed by atoms with Crippen LogP contribution in [0.5, 0.6) is 17.2 Å². The first kappa shape index (κ1) is 20.9. The molecule has 3 aromatic rings. The summed E-state index contributed by atoms with van der Waals surface area (Å²) in [5, 5.41) is 0. The summed E-state index contributed by atoms with van der Waals surface area (Å²) in [6.07, 6.45) is 3.04. The fraction of sp³-hybridized carbons (Fsp3) is 0.120. The maximum atomic E-state index is 12.7. The van der Waals surface area contributed by atoms with Gasteiger partial charge < -0.3 is 14.2 Å². The maximum absolute atomic E-state index is 12.7. The van der Waals surface area contributed by atoms with Crippen molar-refractivity contribution in [1.29, 1.82) is 0 Å². The lowest BCUT2D eigenvalue weighted by Gasteiger charge is -2.09. The first-order chi connectivity index (χ1) is 14.5. The molecule has 0 radical (unpaired) electrons. The summed E-state index contributed by atoms with van der Waals surface area (Å²) < 4.78 is 16.0. The van der Waals surface area contributed by atoms with Gasteiger partial charge in [0.15, 0.2) is 5.78 Å². The van der Waals surface area contributed by atoms with Crippen molar-refractivity contribution < 1.29 is 23.8 Å². The lowest BCUT2D eigenvalue weighted by molar-refractivity contribution is 0.0733. The molecular formula is C25H22O5. The molecule has 0 bridgehead atoms. The summed E-state index contributed by atoms with van der Waals surface area (Å²) in [5.74, 6) is 0.701. The quantitative estimate of drug-likeness (QED) is 0.237. The molecule has 0 amide bonds. The van der Waals surface area contributed by atoms with Crippen LogP contribution in [-0.4, -0.2) is 26.0 Å². The van der Waals surface area contributed by atoms with Crippen molar-refractivity contribution in [1.82, 2.24) is 0 Å². The monoisotopic (exact) mass is 402 g/mol. The van der Waals surface area contributed by atoms with E-state index in [2.05, 4.69) is 0 Å². The van der Waals surface area contributed by atoms with Crippen molar-refractivity contribution in [3.63, 3.8) is 0 Å². The molecule has 0 unspecified atom stereocenters. The van der Waals surface area contributed by atoms with Crippen LogP contribution in [-0.2, 0) is 0 Å². The number of benzene rings is 3. The van der Waals surface area contributed by atoms with Crippen LogP contribution in [0.2, 0.25) is 0 Å². The number of para-hydroxylation sites is 1. The van der Waals surface area contributed by atoms with E-state index in [9.17, 15) is 9.59 Å². The average molecular weight is 402 g/mol. The number of hydrogen-bond acceptors (Lipinski definition) is 5. The average Bonchev–Trinajstić information content (AvgIpc) is 2.78. The molecule has 0 spiro atoms. The summed E-state index contributed by atoms with van der Waals surface area (Å²) in [6, 6.07) is 19.3. The number of ketones is 1. The zero-order chi connectivity index (χ0) is 21.5. The Balaban J connectivity index is 1.83. The molecule has 0 aromatic heterocycles. The van der Waals surface area contributed by atoms with Crippen LogP contribution in [0.15, 0.2) is 72.8 Å². The molecule has 0 heterocycles. The molecular weight excluding hydrogens is 380 g/mol. The second-order valence-corrected chi connectivity index (χ2v) is 6.51. The van der Waals surface area contributed by atoms with Gasteiger partial charge in [-0.25, -0.2) is 4.79 Å². The Morgan fingerprint density at radius 3 is 2.27 bits per heavy atom. The van der Waals surface area contributed by atoms with Crippen molar-refractivity contribution in [2.45, 2.75) is 6.92 Å². The van der Waals surface area contributed by atoms with E-state index in [-0.39, 0.29) is 5.78 Å². The number of allylic oxidation sites excluding steroid dienone is 1. The number of aryl methyl sites for hydroxylation is 1. The van der Waals surface area contributed by atoms with E-state index in [1.807, 2.05) is 25.1 Å². The normalized spacial score (nSPS) is 10.6. The third kappa shape index (κ3) is 4.75. The predicted molar refractivity (Wildman–Crippen MR) is 115 cm³/mol. The summed E-state index contributed by atoms with van der Waals surface area (Å²) in [4.78, 5) is 25.2. The van der Waals surface area contributed by atoms with Crippen molar-refractivity contribution in [2.24, 2.45) is 0 Å². The van der Waals surface area contributed by atoms with E-state index in [0.717, 1.165) is 5.56 Å². The van der Waals surface area contributed by atoms with Crippen LogP contribution < -0.4 is 14.2 Å². The second-order valence-electron chi connectivity index (χ2n) is 6.51. The minimum atomic E-state index is -0.447. The number of ether oxygens (including phenoxy) is 3. The molecule has 5 heteroatoms. The Hall–Kier alpha value is -3.86. The van der Waals surface area contributed by atoms with Crippen LogP contribution in [0.25, 0.3) is 6.08 Å². The van der Waals surface area contributed by atoms with E-state index >= 15 is 0 Å². The molecule has 0 aliphatic rings.